The molecule has 0 aromatic heterocycles. The van der Waals surface area contributed by atoms with Gasteiger partial charge in [-0.1, -0.05) is 30.3 Å². The Balaban J connectivity index is 1.85. The first-order valence-electron chi connectivity index (χ1n) is 9.12. The molecule has 2 aromatic rings. The molecule has 4 nitrogen and oxygen atoms in total. The molecule has 2 aliphatic heterocycles. The first-order chi connectivity index (χ1) is 12.7. The molecule has 3 N–H and O–H groups in total. The summed E-state index contributed by atoms with van der Waals surface area (Å²) in [6, 6.07) is 15.9. The van der Waals surface area contributed by atoms with Crippen molar-refractivity contribution in [3.05, 3.63) is 59.7 Å². The Morgan fingerprint density at radius 2 is 1.89 bits per heavy atom. The number of rotatable bonds is 2. The van der Waals surface area contributed by atoms with Gasteiger partial charge in [0.2, 0.25) is 0 Å². The molecular weight excluding hydrogens is 471 g/mol. The molecule has 2 aliphatic rings. The zero-order chi connectivity index (χ0) is 19.3. The van der Waals surface area contributed by atoms with Gasteiger partial charge in [0.1, 0.15) is 17.6 Å². The Labute approximate surface area is 178 Å². The molecule has 27 heavy (non-hydrogen) atoms. The van der Waals surface area contributed by atoms with Crippen molar-refractivity contribution in [2.75, 3.05) is 6.26 Å². The number of thioether (sulfide) groups is 1. The number of alkyl halides is 1. The number of hydrogen-bond donors (Lipinski definition) is 3. The van der Waals surface area contributed by atoms with Crippen LogP contribution in [0.15, 0.2) is 48.5 Å². The first kappa shape index (κ1) is 19.4. The van der Waals surface area contributed by atoms with Crippen LogP contribution in [0.4, 0.5) is 0 Å². The molecule has 0 saturated carbocycles. The van der Waals surface area contributed by atoms with Crippen LogP contribution >= 0.6 is 34.4 Å². The second kappa shape index (κ2) is 6.83. The van der Waals surface area contributed by atoms with Crippen molar-refractivity contribution in [3.63, 3.8) is 0 Å². The summed E-state index contributed by atoms with van der Waals surface area (Å²) >= 11 is 4.24. The number of benzene rings is 2. The highest BCUT2D eigenvalue weighted by atomic mass is 127. The SMILES string of the molecule is CSC1(I)NC(C)(C)CC2(CC(c3ccccc3)Oc3cc(O)ccc32)N1. The number of ether oxygens (including phenoxy) is 1. The molecule has 0 bridgehead atoms. The summed E-state index contributed by atoms with van der Waals surface area (Å²) in [5.41, 5.74) is 1.98. The lowest BCUT2D eigenvalue weighted by molar-refractivity contribution is 0.0488. The van der Waals surface area contributed by atoms with Crippen LogP contribution in [0.1, 0.15) is 43.9 Å². The van der Waals surface area contributed by atoms with Crippen LogP contribution in [0.2, 0.25) is 0 Å². The fraction of sp³-hybridized carbons (Fsp3) is 0.429. The molecule has 1 fully saturated rings. The highest BCUT2D eigenvalue weighted by Crippen LogP contribution is 2.53. The number of phenols is 1. The average Bonchev–Trinajstić information content (AvgIpc) is 2.60. The summed E-state index contributed by atoms with van der Waals surface area (Å²) in [6.45, 7) is 4.51. The van der Waals surface area contributed by atoms with Crippen LogP contribution in [0, 0.1) is 0 Å². The van der Waals surface area contributed by atoms with Crippen LogP contribution in [-0.2, 0) is 5.54 Å². The number of nitrogens with one attached hydrogen (secondary N) is 2. The van der Waals surface area contributed by atoms with E-state index in [1.807, 2.05) is 24.3 Å². The lowest BCUT2D eigenvalue weighted by Crippen LogP contribution is -2.71. The molecule has 144 valence electrons. The highest BCUT2D eigenvalue weighted by molar-refractivity contribution is 14.1. The molecule has 0 radical (unpaired) electrons. The van der Waals surface area contributed by atoms with Gasteiger partial charge in [0.25, 0.3) is 0 Å². The van der Waals surface area contributed by atoms with Crippen LogP contribution in [0.25, 0.3) is 0 Å². The zero-order valence-corrected chi connectivity index (χ0v) is 18.7. The third-order valence-corrected chi connectivity index (χ3v) is 8.01. The van der Waals surface area contributed by atoms with Crippen molar-refractivity contribution in [2.45, 2.75) is 46.9 Å². The number of aromatic hydroxyl groups is 1. The van der Waals surface area contributed by atoms with E-state index in [0.717, 1.165) is 29.7 Å². The average molecular weight is 496 g/mol. The molecule has 2 aromatic carbocycles. The normalized spacial score (nSPS) is 31.9. The molecule has 1 spiro atoms. The Morgan fingerprint density at radius 1 is 1.15 bits per heavy atom. The van der Waals surface area contributed by atoms with Gasteiger partial charge in [-0.2, -0.15) is 0 Å². The van der Waals surface area contributed by atoms with E-state index in [-0.39, 0.29) is 25.9 Å². The predicted molar refractivity (Wildman–Crippen MR) is 119 cm³/mol. The summed E-state index contributed by atoms with van der Waals surface area (Å²) in [5, 5.41) is 17.7. The van der Waals surface area contributed by atoms with E-state index < -0.39 is 0 Å². The van der Waals surface area contributed by atoms with E-state index in [4.69, 9.17) is 4.74 Å². The van der Waals surface area contributed by atoms with Gasteiger partial charge in [0.05, 0.1) is 5.54 Å². The van der Waals surface area contributed by atoms with Gasteiger partial charge in [-0.05, 0) is 66.8 Å². The maximum atomic E-state index is 10.1. The Hall–Kier alpha value is -0.960. The van der Waals surface area contributed by atoms with Gasteiger partial charge >= 0.3 is 0 Å². The lowest BCUT2D eigenvalue weighted by atomic mass is 9.72. The maximum absolute atomic E-state index is 10.1. The monoisotopic (exact) mass is 496 g/mol. The van der Waals surface area contributed by atoms with Crippen LogP contribution < -0.4 is 15.4 Å². The van der Waals surface area contributed by atoms with Crippen LogP contribution in [0.5, 0.6) is 11.5 Å². The van der Waals surface area contributed by atoms with E-state index in [1.54, 1.807) is 23.9 Å². The second-order valence-corrected chi connectivity index (χ2v) is 11.5. The minimum Gasteiger partial charge on any atom is -0.508 e. The van der Waals surface area contributed by atoms with E-state index in [9.17, 15) is 5.11 Å². The van der Waals surface area contributed by atoms with E-state index in [2.05, 4.69) is 65.5 Å². The van der Waals surface area contributed by atoms with Gasteiger partial charge in [-0.15, -0.1) is 11.8 Å². The van der Waals surface area contributed by atoms with Crippen molar-refractivity contribution in [3.8, 4) is 11.5 Å². The van der Waals surface area contributed by atoms with E-state index >= 15 is 0 Å². The van der Waals surface area contributed by atoms with Crippen LogP contribution in [0.3, 0.4) is 0 Å². The van der Waals surface area contributed by atoms with Crippen molar-refractivity contribution >= 4 is 34.4 Å². The van der Waals surface area contributed by atoms with Gasteiger partial charge < -0.3 is 9.84 Å². The summed E-state index contributed by atoms with van der Waals surface area (Å²) in [6.07, 6.45) is 3.82. The Kier molecular flexibility index (Phi) is 4.90. The van der Waals surface area contributed by atoms with Gasteiger partial charge in [-0.25, -0.2) is 0 Å². The van der Waals surface area contributed by atoms with Gasteiger partial charge in [0.15, 0.2) is 3.00 Å². The van der Waals surface area contributed by atoms with Crippen molar-refractivity contribution in [2.24, 2.45) is 0 Å². The fourth-order valence-corrected chi connectivity index (χ4v) is 6.41. The number of fused-ring (bicyclic) bond motifs is 2. The highest BCUT2D eigenvalue weighted by Gasteiger charge is 2.53. The van der Waals surface area contributed by atoms with E-state index in [1.165, 1.54) is 0 Å². The summed E-state index contributed by atoms with van der Waals surface area (Å²) in [5.74, 6) is 0.997. The van der Waals surface area contributed by atoms with E-state index in [0.29, 0.717) is 0 Å². The summed E-state index contributed by atoms with van der Waals surface area (Å²) in [7, 11) is 0. The Morgan fingerprint density at radius 3 is 2.59 bits per heavy atom. The number of halogens is 1. The largest absolute Gasteiger partial charge is 0.508 e. The lowest BCUT2D eigenvalue weighted by Gasteiger charge is -2.56. The van der Waals surface area contributed by atoms with Crippen LogP contribution in [-0.4, -0.2) is 19.9 Å². The zero-order valence-electron chi connectivity index (χ0n) is 15.8. The molecule has 6 heteroatoms. The molecule has 2 heterocycles. The van der Waals surface area contributed by atoms with Gasteiger partial charge in [-0.3, -0.25) is 10.6 Å². The fourth-order valence-electron chi connectivity index (χ4n) is 4.48. The third-order valence-electron chi connectivity index (χ3n) is 5.38. The second-order valence-electron chi connectivity index (χ2n) is 8.09. The molecular formula is C21H25IN2O2S. The minimum atomic E-state index is -0.284. The molecule has 3 unspecified atom stereocenters. The third kappa shape index (κ3) is 3.69. The van der Waals surface area contributed by atoms with Gasteiger partial charge in [0, 0.05) is 23.6 Å². The molecule has 3 atom stereocenters. The quantitative estimate of drug-likeness (QED) is 0.314. The van der Waals surface area contributed by atoms with Crippen molar-refractivity contribution < 1.29 is 9.84 Å². The minimum absolute atomic E-state index is 0.0524. The van der Waals surface area contributed by atoms with Crippen molar-refractivity contribution in [1.82, 2.24) is 10.6 Å². The van der Waals surface area contributed by atoms with Crippen molar-refractivity contribution in [1.29, 1.82) is 0 Å². The predicted octanol–water partition coefficient (Wildman–Crippen LogP) is 4.88. The molecule has 1 saturated heterocycles. The smallest absolute Gasteiger partial charge is 0.171 e. The molecule has 4 rings (SSSR count). The molecule has 0 aliphatic carbocycles. The topological polar surface area (TPSA) is 53.5 Å². The first-order valence-corrected chi connectivity index (χ1v) is 11.4. The molecule has 0 amide bonds. The Bertz CT molecular complexity index is 847. The standard InChI is InChI=1S/C21H25IN2O2S/c1-19(2)13-20(24-21(22,23-19)27-3)12-18(14-7-5-4-6-8-14)26-17-11-15(25)9-10-16(17)20/h4-11,18,23-25H,12-13H2,1-3H3. The summed E-state index contributed by atoms with van der Waals surface area (Å²) < 4.78 is 6.08. The number of hydrogen-bond acceptors (Lipinski definition) is 5. The number of phenolic OH excluding ortho intramolecular Hbond substituents is 1. The summed E-state index contributed by atoms with van der Waals surface area (Å²) in [4.78, 5) is 0. The maximum Gasteiger partial charge on any atom is 0.171 e.